The maximum atomic E-state index is 11.6. The molecule has 0 bridgehead atoms. The number of nitrogens with two attached hydrogens (primary N) is 1. The third kappa shape index (κ3) is 5.46. The summed E-state index contributed by atoms with van der Waals surface area (Å²) in [4.78, 5) is 4.59. The van der Waals surface area contributed by atoms with Crippen LogP contribution >= 0.6 is 11.3 Å². The molecule has 4 N–H and O–H groups in total. The summed E-state index contributed by atoms with van der Waals surface area (Å²) in [5, 5.41) is 0.285. The number of thiazole rings is 1. The van der Waals surface area contributed by atoms with Crippen LogP contribution in [0.3, 0.4) is 0 Å². The van der Waals surface area contributed by atoms with Gasteiger partial charge in [0.25, 0.3) is 0 Å². The van der Waals surface area contributed by atoms with Crippen molar-refractivity contribution in [3.8, 4) is 11.8 Å². The SMILES string of the molecule is CC(C)CNS(=O)(=O)Nc1ncc(C#CCN)s1. The lowest BCUT2D eigenvalue weighted by molar-refractivity contribution is 0.565. The molecule has 0 fully saturated rings. The quantitative estimate of drug-likeness (QED) is 0.681. The molecule has 0 amide bonds. The maximum Gasteiger partial charge on any atom is 0.300 e. The van der Waals surface area contributed by atoms with Crippen LogP contribution in [-0.2, 0) is 10.2 Å². The number of nitrogens with one attached hydrogen (secondary N) is 2. The molecule has 0 aliphatic heterocycles. The van der Waals surface area contributed by atoms with Crippen molar-refractivity contribution in [2.45, 2.75) is 13.8 Å². The molecule has 100 valence electrons. The summed E-state index contributed by atoms with van der Waals surface area (Å²) < 4.78 is 28.0. The van der Waals surface area contributed by atoms with Crippen molar-refractivity contribution in [2.24, 2.45) is 11.7 Å². The Hall–Kier alpha value is -1.14. The second kappa shape index (κ2) is 6.70. The fraction of sp³-hybridized carbons (Fsp3) is 0.500. The van der Waals surface area contributed by atoms with E-state index in [-0.39, 0.29) is 17.6 Å². The molecule has 0 unspecified atom stereocenters. The molecule has 18 heavy (non-hydrogen) atoms. The van der Waals surface area contributed by atoms with Gasteiger partial charge in [0.2, 0.25) is 0 Å². The summed E-state index contributed by atoms with van der Waals surface area (Å²) in [6.07, 6.45) is 1.51. The Labute approximate surface area is 111 Å². The van der Waals surface area contributed by atoms with Gasteiger partial charge in [-0.1, -0.05) is 37.0 Å². The van der Waals surface area contributed by atoms with E-state index < -0.39 is 10.2 Å². The molecule has 1 aromatic heterocycles. The number of aromatic nitrogens is 1. The van der Waals surface area contributed by atoms with Crippen molar-refractivity contribution in [3.05, 3.63) is 11.1 Å². The average Bonchev–Trinajstić information content (AvgIpc) is 2.71. The fourth-order valence-corrected chi connectivity index (χ4v) is 2.89. The Morgan fingerprint density at radius 2 is 2.28 bits per heavy atom. The van der Waals surface area contributed by atoms with Crippen LogP contribution in [0.25, 0.3) is 0 Å². The molecule has 6 nitrogen and oxygen atoms in total. The highest BCUT2D eigenvalue weighted by molar-refractivity contribution is 7.91. The second-order valence-electron chi connectivity index (χ2n) is 3.88. The maximum absolute atomic E-state index is 11.6. The fourth-order valence-electron chi connectivity index (χ4n) is 0.945. The predicted molar refractivity (Wildman–Crippen MR) is 73.4 cm³/mol. The molecule has 0 radical (unpaired) electrons. The van der Waals surface area contributed by atoms with Gasteiger partial charge in [0.1, 0.15) is 0 Å². The van der Waals surface area contributed by atoms with Crippen molar-refractivity contribution in [3.63, 3.8) is 0 Å². The van der Waals surface area contributed by atoms with Crippen LogP contribution in [0.15, 0.2) is 6.20 Å². The minimum atomic E-state index is -3.56. The van der Waals surface area contributed by atoms with E-state index in [1.54, 1.807) is 0 Å². The molecule has 0 spiro atoms. The first kappa shape index (κ1) is 14.9. The van der Waals surface area contributed by atoms with Crippen molar-refractivity contribution in [1.29, 1.82) is 0 Å². The summed E-state index contributed by atoms with van der Waals surface area (Å²) in [5.41, 5.74) is 5.24. The highest BCUT2D eigenvalue weighted by Gasteiger charge is 2.12. The first-order valence-electron chi connectivity index (χ1n) is 5.35. The zero-order valence-corrected chi connectivity index (χ0v) is 11.9. The van der Waals surface area contributed by atoms with Crippen LogP contribution in [0.1, 0.15) is 18.7 Å². The number of hydrogen-bond donors (Lipinski definition) is 3. The van der Waals surface area contributed by atoms with E-state index >= 15 is 0 Å². The molecule has 0 aromatic carbocycles. The van der Waals surface area contributed by atoms with E-state index in [0.29, 0.717) is 11.4 Å². The Bertz CT molecular complexity index is 540. The standard InChI is InChI=1S/C10H16N4O2S2/c1-8(2)6-13-18(15,16)14-10-12-7-9(17-10)4-3-5-11/h7-8,13H,5-6,11H2,1-2H3,(H,12,14). The minimum absolute atomic E-state index is 0.240. The van der Waals surface area contributed by atoms with Crippen LogP contribution < -0.4 is 15.2 Å². The van der Waals surface area contributed by atoms with E-state index in [1.165, 1.54) is 6.20 Å². The van der Waals surface area contributed by atoms with Crippen molar-refractivity contribution in [2.75, 3.05) is 17.8 Å². The Morgan fingerprint density at radius 3 is 2.89 bits per heavy atom. The van der Waals surface area contributed by atoms with Gasteiger partial charge in [-0.2, -0.15) is 13.1 Å². The van der Waals surface area contributed by atoms with Gasteiger partial charge in [0.05, 0.1) is 17.6 Å². The van der Waals surface area contributed by atoms with E-state index in [9.17, 15) is 8.42 Å². The highest BCUT2D eigenvalue weighted by atomic mass is 32.2. The first-order valence-corrected chi connectivity index (χ1v) is 7.65. The van der Waals surface area contributed by atoms with Gasteiger partial charge >= 0.3 is 10.2 Å². The molecule has 0 aliphatic carbocycles. The van der Waals surface area contributed by atoms with E-state index in [1.807, 2.05) is 13.8 Å². The Balaban J connectivity index is 2.64. The second-order valence-corrected chi connectivity index (χ2v) is 6.41. The summed E-state index contributed by atoms with van der Waals surface area (Å²) in [5.74, 6) is 5.70. The molecule has 1 heterocycles. The Morgan fingerprint density at radius 1 is 1.56 bits per heavy atom. The molecule has 1 aromatic rings. The number of rotatable bonds is 5. The molecule has 0 atom stereocenters. The summed E-state index contributed by atoms with van der Waals surface area (Å²) in [7, 11) is -3.56. The van der Waals surface area contributed by atoms with E-state index in [2.05, 4.69) is 26.3 Å². The van der Waals surface area contributed by atoms with Gasteiger partial charge in [0.15, 0.2) is 5.13 Å². The molecule has 8 heteroatoms. The van der Waals surface area contributed by atoms with Crippen LogP contribution in [0, 0.1) is 17.8 Å². The largest absolute Gasteiger partial charge is 0.320 e. The van der Waals surface area contributed by atoms with Gasteiger partial charge in [-0.25, -0.2) is 9.71 Å². The average molecular weight is 288 g/mol. The molecular weight excluding hydrogens is 272 g/mol. The van der Waals surface area contributed by atoms with Crippen molar-refractivity contribution in [1.82, 2.24) is 9.71 Å². The van der Waals surface area contributed by atoms with Gasteiger partial charge in [-0.15, -0.1) is 0 Å². The molecule has 0 saturated heterocycles. The lowest BCUT2D eigenvalue weighted by Crippen LogP contribution is -2.32. The van der Waals surface area contributed by atoms with Crippen LogP contribution in [0.2, 0.25) is 0 Å². The number of hydrogen-bond acceptors (Lipinski definition) is 5. The van der Waals surface area contributed by atoms with Gasteiger partial charge < -0.3 is 5.73 Å². The summed E-state index contributed by atoms with van der Waals surface area (Å²) in [6.45, 7) is 4.48. The van der Waals surface area contributed by atoms with Gasteiger partial charge in [0, 0.05) is 6.54 Å². The lowest BCUT2D eigenvalue weighted by atomic mass is 10.2. The molecule has 1 rings (SSSR count). The van der Waals surface area contributed by atoms with Gasteiger partial charge in [-0.05, 0) is 5.92 Å². The first-order chi connectivity index (χ1) is 8.43. The zero-order chi connectivity index (χ0) is 13.6. The third-order valence-electron chi connectivity index (χ3n) is 1.72. The zero-order valence-electron chi connectivity index (χ0n) is 10.2. The summed E-state index contributed by atoms with van der Waals surface area (Å²) >= 11 is 1.16. The van der Waals surface area contributed by atoms with Gasteiger partial charge in [-0.3, -0.25) is 0 Å². The van der Waals surface area contributed by atoms with E-state index in [0.717, 1.165) is 11.3 Å². The number of nitrogens with zero attached hydrogens (tertiary/aromatic N) is 1. The van der Waals surface area contributed by atoms with Crippen LogP contribution in [0.4, 0.5) is 5.13 Å². The third-order valence-corrected chi connectivity index (χ3v) is 3.69. The topological polar surface area (TPSA) is 97.1 Å². The number of anilines is 1. The normalized spacial score (nSPS) is 11.1. The predicted octanol–water partition coefficient (Wildman–Crippen LogP) is 0.356. The Kier molecular flexibility index (Phi) is 5.55. The molecule has 0 saturated carbocycles. The minimum Gasteiger partial charge on any atom is -0.320 e. The highest BCUT2D eigenvalue weighted by Crippen LogP contribution is 2.17. The lowest BCUT2D eigenvalue weighted by Gasteiger charge is -2.08. The van der Waals surface area contributed by atoms with Crippen molar-refractivity contribution < 1.29 is 8.42 Å². The summed E-state index contributed by atoms with van der Waals surface area (Å²) in [6, 6.07) is 0. The molecular formula is C10H16N4O2S2. The van der Waals surface area contributed by atoms with E-state index in [4.69, 9.17) is 5.73 Å². The monoisotopic (exact) mass is 288 g/mol. The van der Waals surface area contributed by atoms with Crippen LogP contribution in [0.5, 0.6) is 0 Å². The smallest absolute Gasteiger partial charge is 0.300 e. The molecule has 0 aliphatic rings. The van der Waals surface area contributed by atoms with Crippen LogP contribution in [-0.4, -0.2) is 26.5 Å². The van der Waals surface area contributed by atoms with Crippen molar-refractivity contribution >= 4 is 26.7 Å².